The minimum absolute atomic E-state index is 0.00829. The third-order valence-electron chi connectivity index (χ3n) is 5.36. The van der Waals surface area contributed by atoms with Crippen LogP contribution >= 0.6 is 0 Å². The van der Waals surface area contributed by atoms with Gasteiger partial charge in [-0.3, -0.25) is 14.9 Å². The highest BCUT2D eigenvalue weighted by molar-refractivity contribution is 6.03. The number of methoxy groups -OCH3 is 1. The molecule has 0 saturated heterocycles. The monoisotopic (exact) mass is 463 g/mol. The molecule has 0 N–H and O–H groups in total. The summed E-state index contributed by atoms with van der Waals surface area (Å²) in [6, 6.07) is 14.4. The summed E-state index contributed by atoms with van der Waals surface area (Å²) >= 11 is 0. The van der Waals surface area contributed by atoms with Gasteiger partial charge in [-0.15, -0.1) is 0 Å². The van der Waals surface area contributed by atoms with Crippen LogP contribution in [0.4, 0.5) is 5.69 Å². The molecule has 1 aliphatic rings. The zero-order valence-electron chi connectivity index (χ0n) is 18.5. The number of carbonyl (C=O) groups is 2. The van der Waals surface area contributed by atoms with E-state index in [1.165, 1.54) is 30.5 Å². The van der Waals surface area contributed by atoms with E-state index in [4.69, 9.17) is 13.9 Å². The third kappa shape index (κ3) is 4.65. The van der Waals surface area contributed by atoms with Crippen molar-refractivity contribution in [3.63, 3.8) is 0 Å². The summed E-state index contributed by atoms with van der Waals surface area (Å²) in [5.41, 5.74) is 2.22. The van der Waals surface area contributed by atoms with E-state index in [9.17, 15) is 19.7 Å². The number of benzene rings is 2. The summed E-state index contributed by atoms with van der Waals surface area (Å²) in [6.07, 6.45) is 1.94. The number of furan rings is 1. The molecular formula is C24H21N3O7. The van der Waals surface area contributed by atoms with Crippen molar-refractivity contribution in [3.05, 3.63) is 93.4 Å². The van der Waals surface area contributed by atoms with Crippen LogP contribution in [0.2, 0.25) is 0 Å². The quantitative estimate of drug-likeness (QED) is 0.294. The van der Waals surface area contributed by atoms with E-state index in [0.29, 0.717) is 17.9 Å². The number of nitro benzene ring substituents is 1. The number of rotatable bonds is 7. The Labute approximate surface area is 194 Å². The van der Waals surface area contributed by atoms with Crippen molar-refractivity contribution >= 4 is 23.3 Å². The average molecular weight is 463 g/mol. The number of hydrogen-bond donors (Lipinski definition) is 0. The highest BCUT2D eigenvalue weighted by atomic mass is 16.6. The van der Waals surface area contributed by atoms with Gasteiger partial charge in [-0.1, -0.05) is 29.8 Å². The maximum absolute atomic E-state index is 13.0. The lowest BCUT2D eigenvalue weighted by Crippen LogP contribution is -2.31. The van der Waals surface area contributed by atoms with Crippen molar-refractivity contribution in [1.29, 1.82) is 0 Å². The molecule has 4 rings (SSSR count). The number of amides is 1. The highest BCUT2D eigenvalue weighted by Crippen LogP contribution is 2.33. The fourth-order valence-electron chi connectivity index (χ4n) is 3.60. The Bertz CT molecular complexity index is 1250. The number of ether oxygens (including phenoxy) is 2. The summed E-state index contributed by atoms with van der Waals surface area (Å²) in [4.78, 5) is 36.0. The lowest BCUT2D eigenvalue weighted by atomic mass is 10.0. The Balaban J connectivity index is 1.51. The van der Waals surface area contributed by atoms with Crippen molar-refractivity contribution < 1.29 is 28.4 Å². The van der Waals surface area contributed by atoms with Crippen molar-refractivity contribution in [3.8, 4) is 5.75 Å². The van der Waals surface area contributed by atoms with E-state index >= 15 is 0 Å². The second-order valence-electron chi connectivity index (χ2n) is 7.61. The number of carbonyl (C=O) groups excluding carboxylic acids is 2. The predicted octanol–water partition coefficient (Wildman–Crippen LogP) is 4.04. The van der Waals surface area contributed by atoms with Crippen LogP contribution in [0.1, 0.15) is 39.7 Å². The Morgan fingerprint density at radius 3 is 2.62 bits per heavy atom. The topological polar surface area (TPSA) is 124 Å². The van der Waals surface area contributed by atoms with Gasteiger partial charge in [-0.25, -0.2) is 9.80 Å². The maximum atomic E-state index is 13.0. The third-order valence-corrected chi connectivity index (χ3v) is 5.36. The molecule has 0 fully saturated rings. The first kappa shape index (κ1) is 22.7. The fourth-order valence-corrected chi connectivity index (χ4v) is 3.60. The van der Waals surface area contributed by atoms with Crippen LogP contribution in [0.15, 0.2) is 70.4 Å². The summed E-state index contributed by atoms with van der Waals surface area (Å²) in [6.45, 7) is 1.38. The van der Waals surface area contributed by atoms with Gasteiger partial charge in [0.25, 0.3) is 5.91 Å². The molecule has 2 heterocycles. The molecule has 1 aromatic heterocycles. The number of aryl methyl sites for hydroxylation is 1. The lowest BCUT2D eigenvalue weighted by Gasteiger charge is -2.19. The lowest BCUT2D eigenvalue weighted by molar-refractivity contribution is -0.385. The second-order valence-corrected chi connectivity index (χ2v) is 7.61. The second kappa shape index (κ2) is 9.57. The molecular weight excluding hydrogens is 442 g/mol. The van der Waals surface area contributed by atoms with E-state index < -0.39 is 29.4 Å². The molecule has 10 nitrogen and oxygen atoms in total. The van der Waals surface area contributed by atoms with Crippen LogP contribution in [0.3, 0.4) is 0 Å². The van der Waals surface area contributed by atoms with Crippen molar-refractivity contribution in [1.82, 2.24) is 5.01 Å². The van der Waals surface area contributed by atoms with Gasteiger partial charge in [-0.05, 0) is 36.8 Å². The molecule has 1 unspecified atom stereocenters. The number of nitro groups is 1. The van der Waals surface area contributed by atoms with Crippen LogP contribution in [0, 0.1) is 17.0 Å². The molecule has 0 radical (unpaired) electrons. The van der Waals surface area contributed by atoms with Gasteiger partial charge in [0.15, 0.2) is 12.4 Å². The van der Waals surface area contributed by atoms with E-state index in [-0.39, 0.29) is 17.0 Å². The largest absolute Gasteiger partial charge is 0.490 e. The molecule has 0 spiro atoms. The zero-order chi connectivity index (χ0) is 24.2. The van der Waals surface area contributed by atoms with Gasteiger partial charge in [0.05, 0.1) is 29.6 Å². The number of hydrazone groups is 1. The van der Waals surface area contributed by atoms with Crippen LogP contribution in [0.5, 0.6) is 5.75 Å². The van der Waals surface area contributed by atoms with Gasteiger partial charge in [-0.2, -0.15) is 5.10 Å². The molecule has 1 aliphatic heterocycles. The standard InChI is InChI=1S/C24H21N3O7/c1-15-5-7-16(8-6-15)18-13-19(22-4-3-11-33-22)26(25-18)23(28)14-34-24(29)17-9-10-21(32-2)20(12-17)27(30)31/h3-12,19H,13-14H2,1-2H3. The van der Waals surface area contributed by atoms with Crippen molar-refractivity contribution in [2.45, 2.75) is 19.4 Å². The first-order chi connectivity index (χ1) is 16.4. The van der Waals surface area contributed by atoms with Crippen molar-refractivity contribution in [2.24, 2.45) is 5.10 Å². The van der Waals surface area contributed by atoms with Gasteiger partial charge in [0.2, 0.25) is 0 Å². The molecule has 174 valence electrons. The van der Waals surface area contributed by atoms with Gasteiger partial charge in [0.1, 0.15) is 11.8 Å². The average Bonchev–Trinajstić information content (AvgIpc) is 3.52. The van der Waals surface area contributed by atoms with Gasteiger partial charge in [0, 0.05) is 12.5 Å². The molecule has 1 atom stereocenters. The van der Waals surface area contributed by atoms with Crippen LogP contribution in [-0.2, 0) is 9.53 Å². The minimum Gasteiger partial charge on any atom is -0.490 e. The van der Waals surface area contributed by atoms with Gasteiger partial charge >= 0.3 is 11.7 Å². The summed E-state index contributed by atoms with van der Waals surface area (Å²) in [5, 5.41) is 16.9. The SMILES string of the molecule is COc1ccc(C(=O)OCC(=O)N2N=C(c3ccc(C)cc3)CC2c2ccco2)cc1[N+](=O)[O-]. The van der Waals surface area contributed by atoms with E-state index in [0.717, 1.165) is 17.2 Å². The Kier molecular flexibility index (Phi) is 6.39. The fraction of sp³-hybridized carbons (Fsp3) is 0.208. The molecule has 0 saturated carbocycles. The highest BCUT2D eigenvalue weighted by Gasteiger charge is 2.35. The van der Waals surface area contributed by atoms with Gasteiger partial charge < -0.3 is 13.9 Å². The predicted molar refractivity (Wildman–Crippen MR) is 121 cm³/mol. The first-order valence-electron chi connectivity index (χ1n) is 10.4. The smallest absolute Gasteiger partial charge is 0.338 e. The Hall–Kier alpha value is -4.47. The molecule has 10 heteroatoms. The van der Waals surface area contributed by atoms with E-state index in [1.54, 1.807) is 12.1 Å². The molecule has 34 heavy (non-hydrogen) atoms. The molecule has 0 bridgehead atoms. The Morgan fingerprint density at radius 2 is 1.97 bits per heavy atom. The minimum atomic E-state index is -0.879. The molecule has 2 aromatic carbocycles. The van der Waals surface area contributed by atoms with Crippen molar-refractivity contribution in [2.75, 3.05) is 13.7 Å². The van der Waals surface area contributed by atoms with E-state index in [1.807, 2.05) is 31.2 Å². The number of hydrogen-bond acceptors (Lipinski definition) is 8. The summed E-state index contributed by atoms with van der Waals surface area (Å²) < 4.78 is 15.6. The summed E-state index contributed by atoms with van der Waals surface area (Å²) in [7, 11) is 1.29. The van der Waals surface area contributed by atoms with Crippen LogP contribution < -0.4 is 4.74 Å². The molecule has 0 aliphatic carbocycles. The number of nitrogens with zero attached hydrogens (tertiary/aromatic N) is 3. The number of esters is 1. The zero-order valence-corrected chi connectivity index (χ0v) is 18.5. The summed E-state index contributed by atoms with van der Waals surface area (Å²) in [5.74, 6) is -0.874. The maximum Gasteiger partial charge on any atom is 0.338 e. The molecule has 1 amide bonds. The molecule has 3 aromatic rings. The van der Waals surface area contributed by atoms with Crippen LogP contribution in [0.25, 0.3) is 0 Å². The Morgan fingerprint density at radius 1 is 1.21 bits per heavy atom. The van der Waals surface area contributed by atoms with E-state index in [2.05, 4.69) is 5.10 Å². The normalized spacial score (nSPS) is 15.1. The van der Waals surface area contributed by atoms with Crippen LogP contribution in [-0.4, -0.2) is 41.2 Å². The first-order valence-corrected chi connectivity index (χ1v) is 10.4.